The molecule has 27 heavy (non-hydrogen) atoms. The Morgan fingerprint density at radius 2 is 1.78 bits per heavy atom. The fraction of sp³-hybridized carbons (Fsp3) is 0.333. The maximum absolute atomic E-state index is 6.09. The second-order valence-electron chi connectivity index (χ2n) is 6.57. The number of para-hydroxylation sites is 2. The van der Waals surface area contributed by atoms with Crippen LogP contribution in [-0.2, 0) is 0 Å². The summed E-state index contributed by atoms with van der Waals surface area (Å²) in [5.74, 6) is 2.74. The van der Waals surface area contributed by atoms with Gasteiger partial charge < -0.3 is 13.9 Å². The molecule has 0 amide bonds. The minimum Gasteiger partial charge on any atom is -0.486 e. The number of aromatic nitrogens is 2. The Labute approximate surface area is 158 Å². The van der Waals surface area contributed by atoms with Gasteiger partial charge in [0.15, 0.2) is 11.5 Å². The van der Waals surface area contributed by atoms with Gasteiger partial charge in [-0.05, 0) is 37.7 Å². The molecule has 0 saturated carbocycles. The Hall–Kier alpha value is -2.86. The smallest absolute Gasteiger partial charge is 0.247 e. The van der Waals surface area contributed by atoms with E-state index in [4.69, 9.17) is 13.9 Å². The molecule has 2 aromatic carbocycles. The van der Waals surface area contributed by atoms with Crippen LogP contribution in [0.5, 0.6) is 11.5 Å². The quantitative estimate of drug-likeness (QED) is 0.659. The molecule has 0 radical (unpaired) electrons. The molecule has 1 aromatic heterocycles. The van der Waals surface area contributed by atoms with E-state index >= 15 is 0 Å². The summed E-state index contributed by atoms with van der Waals surface area (Å²) >= 11 is 0. The highest BCUT2D eigenvalue weighted by atomic mass is 16.6. The summed E-state index contributed by atoms with van der Waals surface area (Å²) in [6.07, 6.45) is -0.0428. The van der Waals surface area contributed by atoms with Crippen molar-refractivity contribution in [3.8, 4) is 23.0 Å². The normalized spacial score (nSPS) is 17.1. The zero-order chi connectivity index (χ0) is 18.6. The predicted octanol–water partition coefficient (Wildman–Crippen LogP) is 3.96. The minimum absolute atomic E-state index is 0.0132. The van der Waals surface area contributed by atoms with Gasteiger partial charge >= 0.3 is 0 Å². The van der Waals surface area contributed by atoms with Gasteiger partial charge in [-0.1, -0.05) is 37.3 Å². The van der Waals surface area contributed by atoms with Crippen LogP contribution in [0.2, 0.25) is 0 Å². The van der Waals surface area contributed by atoms with E-state index in [0.717, 1.165) is 30.2 Å². The van der Waals surface area contributed by atoms with Gasteiger partial charge in [-0.3, -0.25) is 4.90 Å². The molecule has 6 heteroatoms. The second kappa shape index (κ2) is 7.80. The first-order valence-electron chi connectivity index (χ1n) is 9.26. The van der Waals surface area contributed by atoms with E-state index in [0.29, 0.717) is 18.4 Å². The van der Waals surface area contributed by atoms with Gasteiger partial charge in [-0.25, -0.2) is 0 Å². The first-order chi connectivity index (χ1) is 13.2. The SMILES string of the molecule is CCN(CC1COc2ccccc2O1)C(C)c1nnc(-c2ccccc2)o1. The lowest BCUT2D eigenvalue weighted by molar-refractivity contribution is 0.0452. The van der Waals surface area contributed by atoms with E-state index in [9.17, 15) is 0 Å². The van der Waals surface area contributed by atoms with Gasteiger partial charge in [0.2, 0.25) is 11.8 Å². The van der Waals surface area contributed by atoms with Gasteiger partial charge in [0.1, 0.15) is 12.7 Å². The summed E-state index contributed by atoms with van der Waals surface area (Å²) in [5, 5.41) is 8.46. The number of fused-ring (bicyclic) bond motifs is 1. The Balaban J connectivity index is 1.44. The number of likely N-dealkylation sites (N-methyl/N-ethyl adjacent to an activating group) is 1. The summed E-state index contributed by atoms with van der Waals surface area (Å²) < 4.78 is 17.8. The van der Waals surface area contributed by atoms with E-state index in [1.807, 2.05) is 54.6 Å². The lowest BCUT2D eigenvalue weighted by Gasteiger charge is -2.32. The lowest BCUT2D eigenvalue weighted by Crippen LogP contribution is -2.42. The van der Waals surface area contributed by atoms with Crippen molar-refractivity contribution >= 4 is 0 Å². The van der Waals surface area contributed by atoms with Crippen molar-refractivity contribution in [1.82, 2.24) is 15.1 Å². The van der Waals surface area contributed by atoms with Gasteiger partial charge in [0.05, 0.1) is 6.04 Å². The van der Waals surface area contributed by atoms with Crippen LogP contribution in [0.25, 0.3) is 11.5 Å². The molecule has 2 heterocycles. The predicted molar refractivity (Wildman–Crippen MR) is 102 cm³/mol. The van der Waals surface area contributed by atoms with Crippen molar-refractivity contribution < 1.29 is 13.9 Å². The summed E-state index contributed by atoms with van der Waals surface area (Å²) in [6.45, 7) is 6.27. The topological polar surface area (TPSA) is 60.6 Å². The molecular formula is C21H23N3O3. The number of hydrogen-bond donors (Lipinski definition) is 0. The molecule has 6 nitrogen and oxygen atoms in total. The molecule has 4 rings (SSSR count). The molecule has 1 aliphatic heterocycles. The van der Waals surface area contributed by atoms with E-state index in [1.165, 1.54) is 0 Å². The molecular weight excluding hydrogens is 342 g/mol. The molecule has 0 fully saturated rings. The monoisotopic (exact) mass is 365 g/mol. The molecule has 0 N–H and O–H groups in total. The van der Waals surface area contributed by atoms with Crippen LogP contribution in [-0.4, -0.2) is 40.9 Å². The average Bonchev–Trinajstić information content (AvgIpc) is 3.22. The Kier molecular flexibility index (Phi) is 5.07. The van der Waals surface area contributed by atoms with Crippen molar-refractivity contribution in [1.29, 1.82) is 0 Å². The van der Waals surface area contributed by atoms with Crippen molar-refractivity contribution in [2.24, 2.45) is 0 Å². The van der Waals surface area contributed by atoms with Crippen LogP contribution in [0.15, 0.2) is 59.0 Å². The maximum atomic E-state index is 6.09. The van der Waals surface area contributed by atoms with E-state index in [1.54, 1.807) is 0 Å². The molecule has 3 aromatic rings. The standard InChI is InChI=1S/C21H23N3O3/c1-3-24(13-17-14-25-18-11-7-8-12-19(18)26-17)15(2)20-22-23-21(27-20)16-9-5-4-6-10-16/h4-12,15,17H,3,13-14H2,1-2H3. The maximum Gasteiger partial charge on any atom is 0.247 e. The number of ether oxygens (including phenoxy) is 2. The third-order valence-electron chi connectivity index (χ3n) is 4.78. The molecule has 0 spiro atoms. The van der Waals surface area contributed by atoms with Crippen LogP contribution in [0.3, 0.4) is 0 Å². The highest BCUT2D eigenvalue weighted by Gasteiger charge is 2.27. The fourth-order valence-corrected chi connectivity index (χ4v) is 3.23. The first-order valence-corrected chi connectivity index (χ1v) is 9.26. The second-order valence-corrected chi connectivity index (χ2v) is 6.57. The lowest BCUT2D eigenvalue weighted by atomic mass is 10.2. The zero-order valence-corrected chi connectivity index (χ0v) is 15.5. The molecule has 2 atom stereocenters. The minimum atomic E-state index is -0.0428. The fourth-order valence-electron chi connectivity index (χ4n) is 3.23. The number of nitrogens with zero attached hydrogens (tertiary/aromatic N) is 3. The van der Waals surface area contributed by atoms with Crippen LogP contribution in [0.4, 0.5) is 0 Å². The van der Waals surface area contributed by atoms with Crippen LogP contribution >= 0.6 is 0 Å². The molecule has 140 valence electrons. The van der Waals surface area contributed by atoms with Crippen molar-refractivity contribution in [2.75, 3.05) is 19.7 Å². The Morgan fingerprint density at radius 1 is 1.04 bits per heavy atom. The summed E-state index contributed by atoms with van der Waals surface area (Å²) in [4.78, 5) is 2.25. The van der Waals surface area contributed by atoms with E-state index in [-0.39, 0.29) is 12.1 Å². The van der Waals surface area contributed by atoms with Gasteiger partial charge in [0.25, 0.3) is 0 Å². The van der Waals surface area contributed by atoms with Crippen LogP contribution in [0.1, 0.15) is 25.8 Å². The van der Waals surface area contributed by atoms with Crippen LogP contribution < -0.4 is 9.47 Å². The Morgan fingerprint density at radius 3 is 2.56 bits per heavy atom. The molecule has 0 aliphatic carbocycles. The molecule has 0 saturated heterocycles. The van der Waals surface area contributed by atoms with Crippen molar-refractivity contribution in [3.63, 3.8) is 0 Å². The summed E-state index contributed by atoms with van der Waals surface area (Å²) in [5.41, 5.74) is 0.923. The van der Waals surface area contributed by atoms with E-state index in [2.05, 4.69) is 28.9 Å². The van der Waals surface area contributed by atoms with E-state index < -0.39 is 0 Å². The number of benzene rings is 2. The van der Waals surface area contributed by atoms with Gasteiger partial charge in [-0.15, -0.1) is 10.2 Å². The molecule has 0 bridgehead atoms. The number of hydrogen-bond acceptors (Lipinski definition) is 6. The third kappa shape index (κ3) is 3.80. The highest BCUT2D eigenvalue weighted by Crippen LogP contribution is 2.32. The third-order valence-corrected chi connectivity index (χ3v) is 4.78. The van der Waals surface area contributed by atoms with Crippen LogP contribution in [0, 0.1) is 0 Å². The summed E-state index contributed by atoms with van der Waals surface area (Å²) in [7, 11) is 0. The summed E-state index contributed by atoms with van der Waals surface area (Å²) in [6, 6.07) is 17.6. The van der Waals surface area contributed by atoms with Gasteiger partial charge in [-0.2, -0.15) is 0 Å². The average molecular weight is 365 g/mol. The molecule has 1 aliphatic rings. The first kappa shape index (κ1) is 17.5. The molecule has 2 unspecified atom stereocenters. The van der Waals surface area contributed by atoms with Gasteiger partial charge in [0, 0.05) is 12.1 Å². The zero-order valence-electron chi connectivity index (χ0n) is 15.5. The Bertz CT molecular complexity index is 881. The largest absolute Gasteiger partial charge is 0.486 e. The van der Waals surface area contributed by atoms with Crippen molar-refractivity contribution in [3.05, 3.63) is 60.5 Å². The number of rotatable bonds is 6. The van der Waals surface area contributed by atoms with Crippen molar-refractivity contribution in [2.45, 2.75) is 26.0 Å². The highest BCUT2D eigenvalue weighted by molar-refractivity contribution is 5.51.